The Morgan fingerprint density at radius 1 is 1.40 bits per heavy atom. The third-order valence-corrected chi connectivity index (χ3v) is 7.62. The molecule has 10 heteroatoms. The van der Waals surface area contributed by atoms with E-state index in [9.17, 15) is 14.9 Å². The van der Waals surface area contributed by atoms with Crippen LogP contribution in [-0.2, 0) is 19.0 Å². The lowest BCUT2D eigenvalue weighted by molar-refractivity contribution is -0.139. The zero-order valence-electron chi connectivity index (χ0n) is 16.3. The van der Waals surface area contributed by atoms with Crippen molar-refractivity contribution >= 4 is 40.9 Å². The fourth-order valence-electron chi connectivity index (χ4n) is 5.83. The minimum atomic E-state index is -0.892. The summed E-state index contributed by atoms with van der Waals surface area (Å²) in [6.45, 7) is 2.28. The number of benzene rings is 1. The Hall–Kier alpha value is -2.05. The van der Waals surface area contributed by atoms with E-state index in [1.165, 1.54) is 7.11 Å². The predicted molar refractivity (Wildman–Crippen MR) is 106 cm³/mol. The minimum Gasteiger partial charge on any atom is -0.453 e. The van der Waals surface area contributed by atoms with Crippen molar-refractivity contribution in [1.29, 1.82) is 5.26 Å². The number of hydrogen-bond acceptors (Lipinski definition) is 6. The lowest BCUT2D eigenvalue weighted by atomic mass is 9.64. The van der Waals surface area contributed by atoms with Crippen molar-refractivity contribution in [3.05, 3.63) is 27.7 Å². The van der Waals surface area contributed by atoms with Gasteiger partial charge in [0.1, 0.15) is 12.3 Å². The molecular weight excluding hydrogens is 433 g/mol. The Labute approximate surface area is 182 Å². The largest absolute Gasteiger partial charge is 0.453 e. The van der Waals surface area contributed by atoms with E-state index in [0.29, 0.717) is 25.1 Å². The number of alkyl carbamates (subject to hydrolysis) is 1. The number of rotatable bonds is 2. The first-order valence-corrected chi connectivity index (χ1v) is 10.4. The van der Waals surface area contributed by atoms with Crippen LogP contribution in [0.15, 0.2) is 12.1 Å². The highest BCUT2D eigenvalue weighted by molar-refractivity contribution is 6.37. The second kappa shape index (κ2) is 6.47. The molecule has 0 aliphatic carbocycles. The number of nitrogens with zero attached hydrogens (tertiary/aromatic N) is 2. The van der Waals surface area contributed by atoms with Crippen molar-refractivity contribution in [3.63, 3.8) is 0 Å². The number of nitrogens with one attached hydrogen (secondary N) is 1. The van der Waals surface area contributed by atoms with Gasteiger partial charge in [0.2, 0.25) is 5.91 Å². The number of hydrogen-bond donors (Lipinski definition) is 1. The number of carbonyl (C=O) groups excluding carboxylic acids is 2. The van der Waals surface area contributed by atoms with Crippen molar-refractivity contribution < 1.29 is 23.8 Å². The zero-order valence-corrected chi connectivity index (χ0v) is 17.8. The van der Waals surface area contributed by atoms with Crippen molar-refractivity contribution in [3.8, 4) is 6.07 Å². The molecule has 30 heavy (non-hydrogen) atoms. The quantitative estimate of drug-likeness (QED) is 0.741. The Bertz CT molecular complexity index is 990. The van der Waals surface area contributed by atoms with Crippen LogP contribution in [0.3, 0.4) is 0 Å². The molecule has 2 bridgehead atoms. The van der Waals surface area contributed by atoms with Gasteiger partial charge in [0.25, 0.3) is 0 Å². The monoisotopic (exact) mass is 451 g/mol. The number of fused-ring (bicyclic) bond motifs is 2. The first kappa shape index (κ1) is 19.9. The van der Waals surface area contributed by atoms with Crippen molar-refractivity contribution in [2.24, 2.45) is 11.8 Å². The van der Waals surface area contributed by atoms with Gasteiger partial charge >= 0.3 is 6.09 Å². The van der Waals surface area contributed by atoms with Crippen molar-refractivity contribution in [1.82, 2.24) is 5.32 Å². The van der Waals surface area contributed by atoms with Crippen LogP contribution in [-0.4, -0.2) is 49.2 Å². The molecule has 158 valence electrons. The maximum atomic E-state index is 13.7. The van der Waals surface area contributed by atoms with Crippen LogP contribution >= 0.6 is 23.2 Å². The van der Waals surface area contributed by atoms with E-state index in [1.807, 2.05) is 13.0 Å². The van der Waals surface area contributed by atoms with Crippen LogP contribution in [0.2, 0.25) is 10.0 Å². The van der Waals surface area contributed by atoms with E-state index in [4.69, 9.17) is 37.4 Å². The van der Waals surface area contributed by atoms with Gasteiger partial charge in [-0.2, -0.15) is 5.26 Å². The number of anilines is 1. The molecule has 1 aromatic carbocycles. The third kappa shape index (κ3) is 2.41. The van der Waals surface area contributed by atoms with E-state index in [1.54, 1.807) is 17.0 Å². The predicted octanol–water partition coefficient (Wildman–Crippen LogP) is 2.85. The van der Waals surface area contributed by atoms with Gasteiger partial charge in [0, 0.05) is 24.4 Å². The van der Waals surface area contributed by atoms with Gasteiger partial charge in [-0.15, -0.1) is 0 Å². The summed E-state index contributed by atoms with van der Waals surface area (Å²) in [7, 11) is 1.30. The number of amides is 2. The van der Waals surface area contributed by atoms with Gasteiger partial charge in [-0.05, 0) is 19.1 Å². The fourth-order valence-corrected chi connectivity index (χ4v) is 6.39. The van der Waals surface area contributed by atoms with Gasteiger partial charge in [0.15, 0.2) is 0 Å². The SMILES string of the molecule is COC(=O)N[C@@H]1C[C@]23CCO[C@@H]4[C@H]2[C@@H](C(=O)N4c2cc(Cl)c(C#N)c(Cl)c2)[C@@]1(C)O3. The van der Waals surface area contributed by atoms with Gasteiger partial charge in [0.05, 0.1) is 52.5 Å². The summed E-state index contributed by atoms with van der Waals surface area (Å²) >= 11 is 12.5. The van der Waals surface area contributed by atoms with Crippen LogP contribution in [0.5, 0.6) is 0 Å². The van der Waals surface area contributed by atoms with Gasteiger partial charge in [-0.3, -0.25) is 9.69 Å². The average Bonchev–Trinajstić information content (AvgIpc) is 3.25. The van der Waals surface area contributed by atoms with E-state index in [0.717, 1.165) is 0 Å². The van der Waals surface area contributed by atoms with Crippen LogP contribution in [0.1, 0.15) is 25.3 Å². The number of ether oxygens (including phenoxy) is 3. The molecule has 4 fully saturated rings. The molecule has 4 saturated heterocycles. The topological polar surface area (TPSA) is 101 Å². The molecule has 4 heterocycles. The maximum Gasteiger partial charge on any atom is 0.407 e. The Morgan fingerprint density at radius 3 is 2.73 bits per heavy atom. The summed E-state index contributed by atoms with van der Waals surface area (Å²) in [6.07, 6.45) is 0.129. The minimum absolute atomic E-state index is 0.160. The molecule has 4 aliphatic rings. The molecule has 0 aromatic heterocycles. The molecule has 0 unspecified atom stereocenters. The fraction of sp³-hybridized carbons (Fsp3) is 0.550. The number of halogens is 2. The highest BCUT2D eigenvalue weighted by Gasteiger charge is 2.78. The number of methoxy groups -OCH3 is 1. The van der Waals surface area contributed by atoms with E-state index >= 15 is 0 Å². The summed E-state index contributed by atoms with van der Waals surface area (Å²) in [5, 5.41) is 12.4. The molecule has 1 spiro atoms. The van der Waals surface area contributed by atoms with Crippen LogP contribution in [0.4, 0.5) is 10.5 Å². The molecule has 8 nitrogen and oxygen atoms in total. The Balaban J connectivity index is 1.57. The third-order valence-electron chi connectivity index (χ3n) is 7.02. The zero-order chi connectivity index (χ0) is 21.4. The Morgan fingerprint density at radius 2 is 2.10 bits per heavy atom. The van der Waals surface area contributed by atoms with Crippen LogP contribution in [0, 0.1) is 23.2 Å². The van der Waals surface area contributed by atoms with Crippen LogP contribution in [0.25, 0.3) is 0 Å². The lowest BCUT2D eigenvalue weighted by Crippen LogP contribution is -2.57. The van der Waals surface area contributed by atoms with Crippen molar-refractivity contribution in [2.45, 2.75) is 43.2 Å². The number of nitriles is 1. The normalized spacial score (nSPS) is 38.4. The standard InChI is InChI=1S/C20H19Cl2N3O5/c1-19-13(24-18(27)28-2)7-20(30-19)3-4-29-17-15(20)14(19)16(26)25(17)9-5-11(21)10(8-23)12(22)6-9/h5-6,13-15,17H,3-4,7H2,1-2H3,(H,24,27)/t13-,14+,15-,17-,19+,20-/m1/s1. The summed E-state index contributed by atoms with van der Waals surface area (Å²) in [4.78, 5) is 27.1. The molecular formula is C20H19Cl2N3O5. The molecule has 4 aliphatic heterocycles. The second-order valence-electron chi connectivity index (χ2n) is 8.36. The smallest absolute Gasteiger partial charge is 0.407 e. The van der Waals surface area contributed by atoms with Gasteiger partial charge in [-0.25, -0.2) is 4.79 Å². The second-order valence-corrected chi connectivity index (χ2v) is 9.18. The van der Waals surface area contributed by atoms with Crippen molar-refractivity contribution in [2.75, 3.05) is 18.6 Å². The summed E-state index contributed by atoms with van der Waals surface area (Å²) < 4.78 is 17.3. The van der Waals surface area contributed by atoms with E-state index < -0.39 is 29.4 Å². The molecule has 5 rings (SSSR count). The average molecular weight is 452 g/mol. The molecule has 1 aromatic rings. The van der Waals surface area contributed by atoms with E-state index in [-0.39, 0.29) is 33.5 Å². The molecule has 0 saturated carbocycles. The van der Waals surface area contributed by atoms with Crippen LogP contribution < -0.4 is 10.2 Å². The lowest BCUT2D eigenvalue weighted by Gasteiger charge is -2.42. The summed E-state index contributed by atoms with van der Waals surface area (Å²) in [6, 6.07) is 4.73. The highest BCUT2D eigenvalue weighted by Crippen LogP contribution is 2.65. The van der Waals surface area contributed by atoms with Gasteiger partial charge in [-0.1, -0.05) is 23.2 Å². The molecule has 6 atom stereocenters. The molecule has 1 N–H and O–H groups in total. The Kier molecular flexibility index (Phi) is 4.29. The summed E-state index contributed by atoms with van der Waals surface area (Å²) in [5.41, 5.74) is -0.825. The van der Waals surface area contributed by atoms with E-state index in [2.05, 4.69) is 5.32 Å². The highest BCUT2D eigenvalue weighted by atomic mass is 35.5. The molecule has 0 radical (unpaired) electrons. The number of carbonyl (C=O) groups is 2. The van der Waals surface area contributed by atoms with Gasteiger partial charge < -0.3 is 19.5 Å². The first-order chi connectivity index (χ1) is 14.3. The first-order valence-electron chi connectivity index (χ1n) is 9.64. The molecule has 2 amide bonds. The summed E-state index contributed by atoms with van der Waals surface area (Å²) in [5.74, 6) is -0.871. The maximum absolute atomic E-state index is 13.7.